The fourth-order valence-electron chi connectivity index (χ4n) is 4.49. The normalized spacial score (nSPS) is 17.8. The van der Waals surface area contributed by atoms with Crippen LogP contribution in [-0.2, 0) is 16.0 Å². The first kappa shape index (κ1) is 28.9. The van der Waals surface area contributed by atoms with E-state index in [1.807, 2.05) is 24.3 Å². The Morgan fingerprint density at radius 3 is 2.65 bits per heavy atom. The van der Waals surface area contributed by atoms with Crippen molar-refractivity contribution in [3.63, 3.8) is 0 Å². The van der Waals surface area contributed by atoms with Crippen LogP contribution < -0.4 is 10.1 Å². The van der Waals surface area contributed by atoms with Crippen molar-refractivity contribution in [2.75, 3.05) is 19.8 Å². The van der Waals surface area contributed by atoms with Crippen molar-refractivity contribution in [3.05, 3.63) is 117 Å². The van der Waals surface area contributed by atoms with E-state index in [4.69, 9.17) is 25.1 Å². The van der Waals surface area contributed by atoms with Crippen LogP contribution >= 0.6 is 15.9 Å². The summed E-state index contributed by atoms with van der Waals surface area (Å²) >= 11 is 3.44. The summed E-state index contributed by atoms with van der Waals surface area (Å²) in [6.07, 6.45) is 2.14. The van der Waals surface area contributed by atoms with Crippen LogP contribution in [0, 0.1) is 0 Å². The molecule has 3 aromatic carbocycles. The molecule has 0 spiro atoms. The molecule has 4 rings (SSSR count). The van der Waals surface area contributed by atoms with Gasteiger partial charge in [0.25, 0.3) is 5.91 Å². The fourth-order valence-corrected chi connectivity index (χ4v) is 4.75. The van der Waals surface area contributed by atoms with Crippen molar-refractivity contribution < 1.29 is 19.4 Å². The van der Waals surface area contributed by atoms with E-state index in [1.165, 1.54) is 0 Å². The molecule has 1 aliphatic heterocycles. The number of aliphatic hydroxyl groups is 1. The van der Waals surface area contributed by atoms with Gasteiger partial charge in [-0.05, 0) is 53.9 Å². The third kappa shape index (κ3) is 6.71. The lowest BCUT2D eigenvalue weighted by Gasteiger charge is -2.30. The summed E-state index contributed by atoms with van der Waals surface area (Å²) < 4.78 is 13.0. The minimum Gasteiger partial charge on any atom is -0.494 e. The smallest absolute Gasteiger partial charge is 0.252 e. The number of halogens is 1. The Morgan fingerprint density at radius 2 is 1.95 bits per heavy atom. The molecule has 0 aliphatic carbocycles. The number of azide groups is 1. The van der Waals surface area contributed by atoms with E-state index in [0.29, 0.717) is 48.6 Å². The standard InChI is InChI=1S/C30H30BrN5O4/c1-2-17-30(29(38)33-18-16-21-8-12-23(31)13-9-21)27(25-6-3-4-7-26(25)35-36-32)40-28(34-30)22-10-14-24(15-11-22)39-20-5-19-37/h2-4,6-15,27,37H,1,5,16-20H2,(H,33,38)/t27-,30-/m1/s1. The Bertz CT molecular complexity index is 1400. The van der Waals surface area contributed by atoms with Gasteiger partial charge < -0.3 is 19.9 Å². The molecule has 40 heavy (non-hydrogen) atoms. The van der Waals surface area contributed by atoms with Gasteiger partial charge in [-0.3, -0.25) is 4.79 Å². The molecule has 1 aliphatic rings. The second-order valence-electron chi connectivity index (χ2n) is 9.16. The summed E-state index contributed by atoms with van der Waals surface area (Å²) in [7, 11) is 0. The first-order valence-electron chi connectivity index (χ1n) is 12.9. The van der Waals surface area contributed by atoms with Gasteiger partial charge in [0.05, 0.1) is 6.61 Å². The first-order valence-corrected chi connectivity index (χ1v) is 13.7. The summed E-state index contributed by atoms with van der Waals surface area (Å²) in [6, 6.07) is 22.1. The fraction of sp³-hybridized carbons (Fsp3) is 0.267. The highest BCUT2D eigenvalue weighted by molar-refractivity contribution is 9.10. The zero-order valence-electron chi connectivity index (χ0n) is 21.9. The first-order chi connectivity index (χ1) is 19.5. The molecule has 206 valence electrons. The third-order valence-corrected chi connectivity index (χ3v) is 7.00. The summed E-state index contributed by atoms with van der Waals surface area (Å²) in [5.74, 6) is 0.612. The summed E-state index contributed by atoms with van der Waals surface area (Å²) in [4.78, 5) is 21.8. The number of aliphatic hydroxyl groups excluding tert-OH is 1. The molecule has 9 nitrogen and oxygen atoms in total. The number of nitrogens with zero attached hydrogens (tertiary/aromatic N) is 4. The number of amides is 1. The van der Waals surface area contributed by atoms with Crippen LogP contribution in [0.5, 0.6) is 5.75 Å². The zero-order valence-corrected chi connectivity index (χ0v) is 23.5. The molecule has 0 unspecified atom stereocenters. The van der Waals surface area contributed by atoms with Gasteiger partial charge in [-0.1, -0.05) is 63.5 Å². The molecule has 2 atom stereocenters. The van der Waals surface area contributed by atoms with Crippen LogP contribution in [0.25, 0.3) is 10.4 Å². The molecular weight excluding hydrogens is 574 g/mol. The average Bonchev–Trinajstić information content (AvgIpc) is 3.35. The number of benzene rings is 3. The van der Waals surface area contributed by atoms with Crippen LogP contribution in [0.1, 0.15) is 35.6 Å². The van der Waals surface area contributed by atoms with Gasteiger partial charge in [-0.2, -0.15) is 0 Å². The molecule has 2 N–H and O–H groups in total. The van der Waals surface area contributed by atoms with E-state index < -0.39 is 11.6 Å². The highest BCUT2D eigenvalue weighted by Crippen LogP contribution is 2.45. The number of hydrogen-bond donors (Lipinski definition) is 2. The number of nitrogens with one attached hydrogen (secondary N) is 1. The Kier molecular flexibility index (Phi) is 9.96. The van der Waals surface area contributed by atoms with E-state index in [-0.39, 0.29) is 24.8 Å². The lowest BCUT2D eigenvalue weighted by atomic mass is 9.83. The summed E-state index contributed by atoms with van der Waals surface area (Å²) in [5, 5.41) is 15.9. The largest absolute Gasteiger partial charge is 0.494 e. The van der Waals surface area contributed by atoms with Crippen molar-refractivity contribution in [2.45, 2.75) is 30.9 Å². The maximum atomic E-state index is 13.9. The molecule has 1 amide bonds. The van der Waals surface area contributed by atoms with Crippen molar-refractivity contribution in [1.29, 1.82) is 0 Å². The van der Waals surface area contributed by atoms with Crippen LogP contribution in [-0.4, -0.2) is 42.2 Å². The number of aliphatic imine (C=N–C) groups is 1. The molecule has 0 fully saturated rings. The second-order valence-corrected chi connectivity index (χ2v) is 10.1. The summed E-state index contributed by atoms with van der Waals surface area (Å²) in [6.45, 7) is 4.74. The van der Waals surface area contributed by atoms with Gasteiger partial charge in [0.2, 0.25) is 5.90 Å². The van der Waals surface area contributed by atoms with E-state index in [9.17, 15) is 4.79 Å². The predicted octanol–water partition coefficient (Wildman–Crippen LogP) is 6.34. The van der Waals surface area contributed by atoms with E-state index in [1.54, 1.807) is 54.6 Å². The van der Waals surface area contributed by atoms with Gasteiger partial charge in [-0.25, -0.2) is 4.99 Å². The molecule has 0 saturated heterocycles. The number of ether oxygens (including phenoxy) is 2. The molecule has 0 saturated carbocycles. The number of rotatable bonds is 13. The molecule has 0 radical (unpaired) electrons. The van der Waals surface area contributed by atoms with Crippen LogP contribution in [0.15, 0.2) is 100 Å². The average molecular weight is 605 g/mol. The van der Waals surface area contributed by atoms with E-state index in [0.717, 1.165) is 10.0 Å². The molecule has 0 bridgehead atoms. The van der Waals surface area contributed by atoms with Crippen molar-refractivity contribution >= 4 is 33.4 Å². The molecule has 0 aromatic heterocycles. The minimum absolute atomic E-state index is 0.0536. The minimum atomic E-state index is -1.38. The molecular formula is C30H30BrN5O4. The Hall–Kier alpha value is -4.11. The lowest BCUT2D eigenvalue weighted by molar-refractivity contribution is -0.128. The zero-order chi connectivity index (χ0) is 28.4. The Labute approximate surface area is 241 Å². The van der Waals surface area contributed by atoms with Crippen molar-refractivity contribution in [1.82, 2.24) is 5.32 Å². The highest BCUT2D eigenvalue weighted by Gasteiger charge is 2.52. The van der Waals surface area contributed by atoms with Gasteiger partial charge in [0.15, 0.2) is 11.6 Å². The molecule has 1 heterocycles. The van der Waals surface area contributed by atoms with Gasteiger partial charge in [0.1, 0.15) is 5.75 Å². The highest BCUT2D eigenvalue weighted by atomic mass is 79.9. The SMILES string of the molecule is C=CC[C@@]1(C(=O)NCCc2ccc(Br)cc2)N=C(c2ccc(OCCCO)cc2)O[C@@H]1c1ccccc1N=[N+]=[N-]. The van der Waals surface area contributed by atoms with Crippen molar-refractivity contribution in [2.24, 2.45) is 10.1 Å². The van der Waals surface area contributed by atoms with E-state index in [2.05, 4.69) is 37.9 Å². The number of carbonyl (C=O) groups excluding carboxylic acids is 1. The lowest BCUT2D eigenvalue weighted by Crippen LogP contribution is -2.48. The van der Waals surface area contributed by atoms with Gasteiger partial charge in [0, 0.05) is 52.2 Å². The van der Waals surface area contributed by atoms with Gasteiger partial charge in [-0.15, -0.1) is 6.58 Å². The predicted molar refractivity (Wildman–Crippen MR) is 158 cm³/mol. The molecule has 10 heteroatoms. The quantitative estimate of drug-likeness (QED) is 0.0775. The topological polar surface area (TPSA) is 129 Å². The second kappa shape index (κ2) is 13.8. The van der Waals surface area contributed by atoms with Gasteiger partial charge >= 0.3 is 0 Å². The number of hydrogen-bond acceptors (Lipinski definition) is 6. The van der Waals surface area contributed by atoms with Crippen LogP contribution in [0.3, 0.4) is 0 Å². The van der Waals surface area contributed by atoms with E-state index >= 15 is 0 Å². The maximum absolute atomic E-state index is 13.9. The number of carbonyl (C=O) groups is 1. The Balaban J connectivity index is 1.67. The monoisotopic (exact) mass is 603 g/mol. The molecule has 3 aromatic rings. The summed E-state index contributed by atoms with van der Waals surface area (Å²) in [5.41, 5.74) is 10.4. The third-order valence-electron chi connectivity index (χ3n) is 6.47. The Morgan fingerprint density at radius 1 is 1.20 bits per heavy atom. The van der Waals surface area contributed by atoms with Crippen LogP contribution in [0.4, 0.5) is 5.69 Å². The van der Waals surface area contributed by atoms with Crippen LogP contribution in [0.2, 0.25) is 0 Å². The van der Waals surface area contributed by atoms with Crippen molar-refractivity contribution in [3.8, 4) is 5.75 Å². The maximum Gasteiger partial charge on any atom is 0.252 e.